The van der Waals surface area contributed by atoms with Crippen LogP contribution in [0.2, 0.25) is 0 Å². The van der Waals surface area contributed by atoms with Gasteiger partial charge in [0.05, 0.1) is 5.69 Å². The van der Waals surface area contributed by atoms with E-state index in [4.69, 9.17) is 0 Å². The summed E-state index contributed by atoms with van der Waals surface area (Å²) in [7, 11) is 1.95. The van der Waals surface area contributed by atoms with Gasteiger partial charge in [0, 0.05) is 26.2 Å². The van der Waals surface area contributed by atoms with Crippen molar-refractivity contribution in [3.05, 3.63) is 11.8 Å². The highest BCUT2D eigenvalue weighted by molar-refractivity contribution is 5.36. The van der Waals surface area contributed by atoms with Crippen LogP contribution in [0.1, 0.15) is 19.0 Å². The molecule has 0 radical (unpaired) electrons. The third-order valence-corrected chi connectivity index (χ3v) is 2.04. The Morgan fingerprint density at radius 2 is 2.14 bits per heavy atom. The van der Waals surface area contributed by atoms with Gasteiger partial charge in [0.2, 0.25) is 0 Å². The maximum Gasteiger partial charge on any atom is 0.124 e. The van der Waals surface area contributed by atoms with Crippen LogP contribution in [0.5, 0.6) is 0 Å². The van der Waals surface area contributed by atoms with Crippen LogP contribution in [0.15, 0.2) is 6.07 Å². The molecule has 1 aromatic rings. The first kappa shape index (κ1) is 11.0. The van der Waals surface area contributed by atoms with E-state index < -0.39 is 0 Å². The molecule has 0 unspecified atom stereocenters. The van der Waals surface area contributed by atoms with Crippen LogP contribution in [0.3, 0.4) is 0 Å². The average molecular weight is 196 g/mol. The summed E-state index contributed by atoms with van der Waals surface area (Å²) in [5.74, 6) is 1.08. The normalized spacial score (nSPS) is 10.5. The molecule has 0 saturated carbocycles. The molecule has 0 aromatic carbocycles. The minimum atomic E-state index is 0.943. The molecule has 0 spiro atoms. The quantitative estimate of drug-likeness (QED) is 0.670. The zero-order chi connectivity index (χ0) is 10.4. The predicted molar refractivity (Wildman–Crippen MR) is 59.6 cm³/mol. The molecule has 4 nitrogen and oxygen atoms in total. The molecular formula is C10H20N4. The fourth-order valence-corrected chi connectivity index (χ4v) is 1.36. The number of nitrogens with zero attached hydrogens (tertiary/aromatic N) is 2. The predicted octanol–water partition coefficient (Wildman–Crippen LogP) is 1.14. The summed E-state index contributed by atoms with van der Waals surface area (Å²) in [6.07, 6.45) is 1.19. The van der Waals surface area contributed by atoms with Crippen molar-refractivity contribution >= 4 is 5.82 Å². The van der Waals surface area contributed by atoms with E-state index in [1.165, 1.54) is 6.42 Å². The van der Waals surface area contributed by atoms with Crippen LogP contribution < -0.4 is 10.6 Å². The molecule has 1 aromatic heterocycles. The fourth-order valence-electron chi connectivity index (χ4n) is 1.36. The topological polar surface area (TPSA) is 41.9 Å². The van der Waals surface area contributed by atoms with E-state index in [-0.39, 0.29) is 0 Å². The van der Waals surface area contributed by atoms with E-state index in [2.05, 4.69) is 28.7 Å². The van der Waals surface area contributed by atoms with Gasteiger partial charge in [-0.1, -0.05) is 6.92 Å². The Hall–Kier alpha value is -1.03. The Kier molecular flexibility index (Phi) is 4.46. The van der Waals surface area contributed by atoms with Gasteiger partial charge in [-0.3, -0.25) is 4.68 Å². The van der Waals surface area contributed by atoms with E-state index in [1.54, 1.807) is 0 Å². The van der Waals surface area contributed by atoms with Gasteiger partial charge in [0.25, 0.3) is 0 Å². The summed E-state index contributed by atoms with van der Waals surface area (Å²) in [6.45, 7) is 7.20. The second kappa shape index (κ2) is 5.65. The first-order valence-corrected chi connectivity index (χ1v) is 5.19. The molecule has 1 rings (SSSR count). The third kappa shape index (κ3) is 3.38. The smallest absolute Gasteiger partial charge is 0.124 e. The maximum atomic E-state index is 4.26. The summed E-state index contributed by atoms with van der Waals surface area (Å²) in [4.78, 5) is 0. The number of aromatic nitrogens is 2. The lowest BCUT2D eigenvalue weighted by Crippen LogP contribution is -2.23. The van der Waals surface area contributed by atoms with Gasteiger partial charge in [-0.05, 0) is 19.9 Å². The van der Waals surface area contributed by atoms with Crippen molar-refractivity contribution in [1.82, 2.24) is 15.1 Å². The number of rotatable bonds is 6. The molecule has 0 atom stereocenters. The van der Waals surface area contributed by atoms with Crippen molar-refractivity contribution < 1.29 is 0 Å². The molecule has 0 aliphatic heterocycles. The van der Waals surface area contributed by atoms with Crippen LogP contribution in [-0.2, 0) is 7.05 Å². The molecule has 1 heterocycles. The number of hydrogen-bond acceptors (Lipinski definition) is 3. The zero-order valence-corrected chi connectivity index (χ0v) is 9.30. The van der Waals surface area contributed by atoms with E-state index >= 15 is 0 Å². The van der Waals surface area contributed by atoms with Crippen molar-refractivity contribution in [2.45, 2.75) is 20.3 Å². The van der Waals surface area contributed by atoms with Crippen LogP contribution in [0.25, 0.3) is 0 Å². The van der Waals surface area contributed by atoms with Crippen LogP contribution >= 0.6 is 0 Å². The Labute approximate surface area is 85.7 Å². The van der Waals surface area contributed by atoms with E-state index in [9.17, 15) is 0 Å². The largest absolute Gasteiger partial charge is 0.369 e. The number of aryl methyl sites for hydroxylation is 2. The minimum Gasteiger partial charge on any atom is -0.369 e. The van der Waals surface area contributed by atoms with Gasteiger partial charge in [-0.25, -0.2) is 0 Å². The molecule has 14 heavy (non-hydrogen) atoms. The van der Waals surface area contributed by atoms with Gasteiger partial charge in [0.1, 0.15) is 5.82 Å². The van der Waals surface area contributed by atoms with Crippen molar-refractivity contribution in [1.29, 1.82) is 0 Å². The highest BCUT2D eigenvalue weighted by atomic mass is 15.3. The van der Waals surface area contributed by atoms with Crippen LogP contribution in [-0.4, -0.2) is 29.4 Å². The molecule has 0 amide bonds. The summed E-state index contributed by atoms with van der Waals surface area (Å²) in [6, 6.07) is 2.06. The SMILES string of the molecule is CCCNCCNc1cc(C)nn1C. The second-order valence-corrected chi connectivity index (χ2v) is 3.47. The Bertz CT molecular complexity index is 267. The summed E-state index contributed by atoms with van der Waals surface area (Å²) in [5, 5.41) is 10.9. The lowest BCUT2D eigenvalue weighted by Gasteiger charge is -2.06. The fraction of sp³-hybridized carbons (Fsp3) is 0.700. The van der Waals surface area contributed by atoms with Gasteiger partial charge in [-0.2, -0.15) is 5.10 Å². The van der Waals surface area contributed by atoms with E-state index in [1.807, 2.05) is 18.7 Å². The number of anilines is 1. The summed E-state index contributed by atoms with van der Waals surface area (Å²) < 4.78 is 1.87. The standard InChI is InChI=1S/C10H20N4/c1-4-5-11-6-7-12-10-8-9(2)13-14(10)3/h8,11-12H,4-7H2,1-3H3. The number of nitrogens with one attached hydrogen (secondary N) is 2. The molecule has 0 bridgehead atoms. The molecule has 0 fully saturated rings. The average Bonchev–Trinajstić information content (AvgIpc) is 2.45. The Morgan fingerprint density at radius 1 is 1.36 bits per heavy atom. The molecular weight excluding hydrogens is 176 g/mol. The van der Waals surface area contributed by atoms with Gasteiger partial charge in [0.15, 0.2) is 0 Å². The lowest BCUT2D eigenvalue weighted by molar-refractivity contribution is 0.682. The van der Waals surface area contributed by atoms with Crippen LogP contribution in [0.4, 0.5) is 5.82 Å². The molecule has 0 saturated heterocycles. The Balaban J connectivity index is 2.21. The first-order chi connectivity index (χ1) is 6.74. The summed E-state index contributed by atoms with van der Waals surface area (Å²) in [5.41, 5.74) is 1.05. The summed E-state index contributed by atoms with van der Waals surface area (Å²) >= 11 is 0. The van der Waals surface area contributed by atoms with Crippen molar-refractivity contribution in [2.75, 3.05) is 25.0 Å². The molecule has 4 heteroatoms. The molecule has 0 aliphatic carbocycles. The highest BCUT2D eigenvalue weighted by Crippen LogP contribution is 2.06. The Morgan fingerprint density at radius 3 is 2.71 bits per heavy atom. The second-order valence-electron chi connectivity index (χ2n) is 3.47. The van der Waals surface area contributed by atoms with Gasteiger partial charge >= 0.3 is 0 Å². The van der Waals surface area contributed by atoms with Gasteiger partial charge in [-0.15, -0.1) is 0 Å². The first-order valence-electron chi connectivity index (χ1n) is 5.19. The van der Waals surface area contributed by atoms with E-state index in [0.29, 0.717) is 0 Å². The maximum absolute atomic E-state index is 4.26. The monoisotopic (exact) mass is 196 g/mol. The highest BCUT2D eigenvalue weighted by Gasteiger charge is 1.99. The van der Waals surface area contributed by atoms with Crippen LogP contribution in [0, 0.1) is 6.92 Å². The molecule has 2 N–H and O–H groups in total. The van der Waals surface area contributed by atoms with Crippen molar-refractivity contribution in [2.24, 2.45) is 7.05 Å². The minimum absolute atomic E-state index is 0.943. The molecule has 0 aliphatic rings. The van der Waals surface area contributed by atoms with Crippen molar-refractivity contribution in [3.8, 4) is 0 Å². The lowest BCUT2D eigenvalue weighted by atomic mass is 10.4. The molecule has 80 valence electrons. The van der Waals surface area contributed by atoms with Gasteiger partial charge < -0.3 is 10.6 Å². The zero-order valence-electron chi connectivity index (χ0n) is 9.30. The van der Waals surface area contributed by atoms with E-state index in [0.717, 1.165) is 31.1 Å². The third-order valence-electron chi connectivity index (χ3n) is 2.04. The number of hydrogen-bond donors (Lipinski definition) is 2. The van der Waals surface area contributed by atoms with Crippen molar-refractivity contribution in [3.63, 3.8) is 0 Å².